The number of rotatable bonds is 6. The molecule has 33 heavy (non-hydrogen) atoms. The highest BCUT2D eigenvalue weighted by atomic mass is 32.1. The highest BCUT2D eigenvalue weighted by Crippen LogP contribution is 2.37. The summed E-state index contributed by atoms with van der Waals surface area (Å²) in [6, 6.07) is 8.08. The maximum absolute atomic E-state index is 13.6. The van der Waals surface area contributed by atoms with Crippen LogP contribution in [0.15, 0.2) is 55.8 Å². The fraction of sp³-hybridized carbons (Fsp3) is 0.292. The van der Waals surface area contributed by atoms with Crippen LogP contribution in [0, 0.1) is 6.92 Å². The molecule has 1 atom stereocenters. The molecule has 0 N–H and O–H groups in total. The van der Waals surface area contributed by atoms with E-state index in [0.29, 0.717) is 37.9 Å². The number of nitrogens with zero attached hydrogens (tertiary/aromatic N) is 2. The number of ether oxygens (including phenoxy) is 3. The number of aromatic nitrogens is 1. The summed E-state index contributed by atoms with van der Waals surface area (Å²) in [6.07, 6.45) is 1.68. The zero-order valence-electron chi connectivity index (χ0n) is 19.0. The molecule has 0 spiro atoms. The van der Waals surface area contributed by atoms with Crippen LogP contribution >= 0.6 is 11.3 Å². The molecule has 1 aliphatic rings. The van der Waals surface area contributed by atoms with Crippen LogP contribution in [0.3, 0.4) is 0 Å². The number of benzene rings is 1. The Kier molecular flexibility index (Phi) is 6.24. The lowest BCUT2D eigenvalue weighted by molar-refractivity contribution is -0.139. The van der Waals surface area contributed by atoms with Crippen molar-refractivity contribution in [1.82, 2.24) is 4.57 Å². The fourth-order valence-electron chi connectivity index (χ4n) is 3.80. The average Bonchev–Trinajstić information content (AvgIpc) is 3.34. The van der Waals surface area contributed by atoms with E-state index in [1.165, 1.54) is 23.0 Å². The van der Waals surface area contributed by atoms with Crippen LogP contribution in [0.2, 0.25) is 0 Å². The van der Waals surface area contributed by atoms with Gasteiger partial charge in [-0.05, 0) is 51.1 Å². The summed E-state index contributed by atoms with van der Waals surface area (Å²) in [5, 5.41) is 0. The SMILES string of the molecule is CCOC(=O)C1=C(C)N=c2s/c(=C\c3ccc(C)o3)c(=O)n2C1c1cc(OC)ccc1OC. The van der Waals surface area contributed by atoms with Gasteiger partial charge in [-0.3, -0.25) is 9.36 Å². The Labute approximate surface area is 194 Å². The normalized spacial score (nSPS) is 15.8. The molecule has 172 valence electrons. The first-order valence-corrected chi connectivity index (χ1v) is 11.2. The van der Waals surface area contributed by atoms with Gasteiger partial charge in [-0.25, -0.2) is 9.79 Å². The number of carbonyl (C=O) groups excluding carboxylic acids is 1. The molecule has 1 unspecified atom stereocenters. The van der Waals surface area contributed by atoms with E-state index >= 15 is 0 Å². The molecule has 4 rings (SSSR count). The van der Waals surface area contributed by atoms with Crippen LogP contribution in [0.4, 0.5) is 0 Å². The number of hydrogen-bond acceptors (Lipinski definition) is 8. The number of thiazole rings is 1. The molecular formula is C24H24N2O6S. The number of furan rings is 1. The van der Waals surface area contributed by atoms with Crippen LogP contribution in [0.5, 0.6) is 11.5 Å². The third-order valence-corrected chi connectivity index (χ3v) is 6.27. The second-order valence-corrected chi connectivity index (χ2v) is 8.37. The Morgan fingerprint density at radius 3 is 2.64 bits per heavy atom. The van der Waals surface area contributed by atoms with E-state index in [0.717, 1.165) is 5.76 Å². The molecule has 0 bridgehead atoms. The Morgan fingerprint density at radius 1 is 1.21 bits per heavy atom. The number of esters is 1. The van der Waals surface area contributed by atoms with Crippen LogP contribution in [0.25, 0.3) is 6.08 Å². The van der Waals surface area contributed by atoms with Crippen molar-refractivity contribution in [2.45, 2.75) is 26.8 Å². The summed E-state index contributed by atoms with van der Waals surface area (Å²) in [6.45, 7) is 5.50. The van der Waals surface area contributed by atoms with Crippen LogP contribution in [0.1, 0.15) is 37.0 Å². The van der Waals surface area contributed by atoms with Crippen molar-refractivity contribution < 1.29 is 23.4 Å². The highest BCUT2D eigenvalue weighted by Gasteiger charge is 2.35. The molecule has 1 aliphatic heterocycles. The van der Waals surface area contributed by atoms with Crippen LogP contribution < -0.4 is 24.4 Å². The van der Waals surface area contributed by atoms with Crippen LogP contribution in [-0.4, -0.2) is 31.4 Å². The number of aryl methyl sites for hydroxylation is 1. The summed E-state index contributed by atoms with van der Waals surface area (Å²) in [5.74, 6) is 1.85. The largest absolute Gasteiger partial charge is 0.497 e. The third-order valence-electron chi connectivity index (χ3n) is 5.28. The van der Waals surface area contributed by atoms with E-state index in [1.54, 1.807) is 51.3 Å². The van der Waals surface area contributed by atoms with Gasteiger partial charge in [0.25, 0.3) is 5.56 Å². The maximum atomic E-state index is 13.6. The quantitative estimate of drug-likeness (QED) is 0.517. The van der Waals surface area contributed by atoms with Gasteiger partial charge in [0.1, 0.15) is 29.1 Å². The van der Waals surface area contributed by atoms with Crippen molar-refractivity contribution in [3.63, 3.8) is 0 Å². The number of carbonyl (C=O) groups is 1. The molecule has 8 nitrogen and oxygen atoms in total. The first kappa shape index (κ1) is 22.6. The van der Waals surface area contributed by atoms with E-state index in [-0.39, 0.29) is 17.7 Å². The van der Waals surface area contributed by atoms with E-state index in [2.05, 4.69) is 4.99 Å². The number of methoxy groups -OCH3 is 2. The lowest BCUT2D eigenvalue weighted by Gasteiger charge is -2.26. The second kappa shape index (κ2) is 9.11. The first-order chi connectivity index (χ1) is 15.9. The standard InChI is InChI=1S/C24H24N2O6S/c1-6-31-23(28)20-14(3)25-24-26(21(20)17-11-15(29-4)9-10-18(17)30-5)22(27)19(33-24)12-16-8-7-13(2)32-16/h7-12,21H,6H2,1-5H3/b19-12-. The number of hydrogen-bond donors (Lipinski definition) is 0. The van der Waals surface area contributed by atoms with E-state index < -0.39 is 12.0 Å². The predicted molar refractivity (Wildman–Crippen MR) is 123 cm³/mol. The molecule has 0 amide bonds. The van der Waals surface area contributed by atoms with Gasteiger partial charge < -0.3 is 18.6 Å². The van der Waals surface area contributed by atoms with Gasteiger partial charge >= 0.3 is 5.97 Å². The van der Waals surface area contributed by atoms with Gasteiger partial charge in [0, 0.05) is 11.6 Å². The maximum Gasteiger partial charge on any atom is 0.338 e. The van der Waals surface area contributed by atoms with Crippen molar-refractivity contribution in [1.29, 1.82) is 0 Å². The molecule has 3 heterocycles. The fourth-order valence-corrected chi connectivity index (χ4v) is 4.83. The van der Waals surface area contributed by atoms with Crippen molar-refractivity contribution in [2.24, 2.45) is 4.99 Å². The summed E-state index contributed by atoms with van der Waals surface area (Å²) >= 11 is 1.23. The molecular weight excluding hydrogens is 444 g/mol. The highest BCUT2D eigenvalue weighted by molar-refractivity contribution is 7.07. The smallest absolute Gasteiger partial charge is 0.338 e. The summed E-state index contributed by atoms with van der Waals surface area (Å²) in [4.78, 5) is 31.6. The molecule has 9 heteroatoms. The zero-order chi connectivity index (χ0) is 23.7. The Bertz CT molecular complexity index is 1430. The Hall–Kier alpha value is -3.59. The molecule has 0 fully saturated rings. The van der Waals surface area contributed by atoms with Crippen molar-refractivity contribution in [2.75, 3.05) is 20.8 Å². The van der Waals surface area contributed by atoms with Gasteiger partial charge in [-0.1, -0.05) is 11.3 Å². The predicted octanol–water partition coefficient (Wildman–Crippen LogP) is 2.72. The monoisotopic (exact) mass is 468 g/mol. The van der Waals surface area contributed by atoms with Crippen molar-refractivity contribution >= 4 is 23.4 Å². The van der Waals surface area contributed by atoms with Gasteiger partial charge in [0.15, 0.2) is 4.80 Å². The van der Waals surface area contributed by atoms with Crippen molar-refractivity contribution in [3.8, 4) is 11.5 Å². The van der Waals surface area contributed by atoms with E-state index in [9.17, 15) is 9.59 Å². The van der Waals surface area contributed by atoms with Crippen molar-refractivity contribution in [3.05, 3.63) is 78.4 Å². The minimum atomic E-state index is -0.800. The first-order valence-electron chi connectivity index (χ1n) is 10.4. The van der Waals surface area contributed by atoms with Gasteiger partial charge in [-0.2, -0.15) is 0 Å². The Balaban J connectivity index is 2.02. The zero-order valence-corrected chi connectivity index (χ0v) is 19.8. The average molecular weight is 469 g/mol. The Morgan fingerprint density at radius 2 is 2.00 bits per heavy atom. The third kappa shape index (κ3) is 4.11. The van der Waals surface area contributed by atoms with E-state index in [1.807, 2.05) is 13.0 Å². The molecule has 0 saturated heterocycles. The van der Waals surface area contributed by atoms with Crippen LogP contribution in [-0.2, 0) is 9.53 Å². The summed E-state index contributed by atoms with van der Waals surface area (Å²) in [7, 11) is 3.09. The molecule has 3 aromatic rings. The molecule has 0 radical (unpaired) electrons. The minimum Gasteiger partial charge on any atom is -0.497 e. The molecule has 0 saturated carbocycles. The lowest BCUT2D eigenvalue weighted by atomic mass is 9.95. The van der Waals surface area contributed by atoms with E-state index in [4.69, 9.17) is 18.6 Å². The lowest BCUT2D eigenvalue weighted by Crippen LogP contribution is -2.40. The number of allylic oxidation sites excluding steroid dienone is 1. The second-order valence-electron chi connectivity index (χ2n) is 7.36. The molecule has 0 aliphatic carbocycles. The van der Waals surface area contributed by atoms with Gasteiger partial charge in [0.2, 0.25) is 0 Å². The topological polar surface area (TPSA) is 92.3 Å². The van der Waals surface area contributed by atoms with Gasteiger partial charge in [-0.15, -0.1) is 0 Å². The molecule has 1 aromatic carbocycles. The summed E-state index contributed by atoms with van der Waals surface area (Å²) < 4.78 is 23.9. The minimum absolute atomic E-state index is 0.194. The summed E-state index contributed by atoms with van der Waals surface area (Å²) in [5.41, 5.74) is 1.05. The number of fused-ring (bicyclic) bond motifs is 1. The van der Waals surface area contributed by atoms with Gasteiger partial charge in [0.05, 0.1) is 36.6 Å². The molecule has 2 aromatic heterocycles.